The Labute approximate surface area is 161 Å². The third-order valence-electron chi connectivity index (χ3n) is 3.78. The number of hydrogen-bond donors (Lipinski definition) is 1. The number of rotatable bonds is 6. The lowest BCUT2D eigenvalue weighted by molar-refractivity contribution is 0.0955. The SMILES string of the molecule is N#CCCn1cc(/C=N\NC(=O)c2ccccc2Cl)c(-c2ccccc2)n1. The fourth-order valence-electron chi connectivity index (χ4n) is 2.50. The van der Waals surface area contributed by atoms with Crippen molar-refractivity contribution in [2.24, 2.45) is 5.10 Å². The normalized spacial score (nSPS) is 10.7. The van der Waals surface area contributed by atoms with Crippen LogP contribution in [0.25, 0.3) is 11.3 Å². The van der Waals surface area contributed by atoms with E-state index in [-0.39, 0.29) is 0 Å². The molecule has 0 spiro atoms. The first-order valence-corrected chi connectivity index (χ1v) is 8.64. The molecule has 3 rings (SSSR count). The molecule has 134 valence electrons. The maximum absolute atomic E-state index is 12.2. The van der Waals surface area contributed by atoms with Crippen molar-refractivity contribution in [1.29, 1.82) is 5.26 Å². The standard InChI is InChI=1S/C20H16ClN5O/c21-18-10-5-4-9-17(18)20(27)24-23-13-16-14-26(12-6-11-22)25-19(16)15-7-2-1-3-8-15/h1-5,7-10,13-14H,6,12H2,(H,24,27)/b23-13-. The van der Waals surface area contributed by atoms with Crippen LogP contribution in [-0.4, -0.2) is 21.9 Å². The molecule has 6 nitrogen and oxygen atoms in total. The minimum atomic E-state index is -0.394. The number of carbonyl (C=O) groups excluding carboxylic acids is 1. The van der Waals surface area contributed by atoms with Gasteiger partial charge >= 0.3 is 0 Å². The van der Waals surface area contributed by atoms with Gasteiger partial charge in [0.25, 0.3) is 5.91 Å². The molecule has 7 heteroatoms. The highest BCUT2D eigenvalue weighted by Crippen LogP contribution is 2.21. The van der Waals surface area contributed by atoms with Crippen LogP contribution in [-0.2, 0) is 6.54 Å². The predicted octanol–water partition coefficient (Wildman–Crippen LogP) is 3.88. The summed E-state index contributed by atoms with van der Waals surface area (Å²) in [4.78, 5) is 12.2. The Morgan fingerprint density at radius 1 is 1.22 bits per heavy atom. The van der Waals surface area contributed by atoms with Crippen molar-refractivity contribution in [2.45, 2.75) is 13.0 Å². The first kappa shape index (κ1) is 18.4. The van der Waals surface area contributed by atoms with Gasteiger partial charge in [0, 0.05) is 17.3 Å². The molecule has 3 aromatic rings. The number of aryl methyl sites for hydroxylation is 1. The zero-order valence-corrected chi connectivity index (χ0v) is 15.1. The maximum Gasteiger partial charge on any atom is 0.272 e. The number of nitrogens with zero attached hydrogens (tertiary/aromatic N) is 4. The van der Waals surface area contributed by atoms with Crippen molar-refractivity contribution in [2.75, 3.05) is 0 Å². The number of nitriles is 1. The lowest BCUT2D eigenvalue weighted by Gasteiger charge is -2.01. The van der Waals surface area contributed by atoms with Crippen molar-refractivity contribution in [3.8, 4) is 17.3 Å². The number of hydrazone groups is 1. The first-order valence-electron chi connectivity index (χ1n) is 8.27. The van der Waals surface area contributed by atoms with Crippen LogP contribution in [0.2, 0.25) is 5.02 Å². The lowest BCUT2D eigenvalue weighted by Crippen LogP contribution is -2.17. The van der Waals surface area contributed by atoms with Crippen molar-refractivity contribution >= 4 is 23.7 Å². The monoisotopic (exact) mass is 377 g/mol. The molecule has 1 heterocycles. The molecule has 0 aliphatic rings. The van der Waals surface area contributed by atoms with E-state index in [2.05, 4.69) is 21.7 Å². The average molecular weight is 378 g/mol. The number of halogens is 1. The van der Waals surface area contributed by atoms with Crippen LogP contribution in [0, 0.1) is 11.3 Å². The van der Waals surface area contributed by atoms with Gasteiger partial charge in [0.2, 0.25) is 0 Å². The fraction of sp³-hybridized carbons (Fsp3) is 0.100. The van der Waals surface area contributed by atoms with Crippen LogP contribution in [0.4, 0.5) is 0 Å². The molecule has 1 aromatic heterocycles. The second-order valence-electron chi connectivity index (χ2n) is 5.65. The molecule has 0 fully saturated rings. The largest absolute Gasteiger partial charge is 0.272 e. The summed E-state index contributed by atoms with van der Waals surface area (Å²) in [5, 5.41) is 17.7. The maximum atomic E-state index is 12.2. The third-order valence-corrected chi connectivity index (χ3v) is 4.11. The van der Waals surface area contributed by atoms with Crippen LogP contribution in [0.15, 0.2) is 65.9 Å². The van der Waals surface area contributed by atoms with E-state index in [1.807, 2.05) is 30.3 Å². The van der Waals surface area contributed by atoms with E-state index in [0.717, 1.165) is 16.8 Å². The number of aromatic nitrogens is 2. The Morgan fingerprint density at radius 3 is 2.70 bits per heavy atom. The summed E-state index contributed by atoms with van der Waals surface area (Å²) in [7, 11) is 0. The predicted molar refractivity (Wildman–Crippen MR) is 104 cm³/mol. The summed E-state index contributed by atoms with van der Waals surface area (Å²) in [6.07, 6.45) is 3.69. The zero-order valence-electron chi connectivity index (χ0n) is 14.3. The smallest absolute Gasteiger partial charge is 0.270 e. The van der Waals surface area contributed by atoms with Gasteiger partial charge in [0.05, 0.1) is 35.8 Å². The van der Waals surface area contributed by atoms with E-state index in [1.54, 1.807) is 35.1 Å². The number of amides is 1. The van der Waals surface area contributed by atoms with Gasteiger partial charge in [-0.1, -0.05) is 54.1 Å². The average Bonchev–Trinajstić information content (AvgIpc) is 3.10. The molecule has 0 unspecified atom stereocenters. The van der Waals surface area contributed by atoms with Gasteiger partial charge in [-0.05, 0) is 12.1 Å². The number of hydrogen-bond acceptors (Lipinski definition) is 4. The highest BCUT2D eigenvalue weighted by Gasteiger charge is 2.11. The van der Waals surface area contributed by atoms with Gasteiger partial charge in [-0.25, -0.2) is 5.43 Å². The summed E-state index contributed by atoms with van der Waals surface area (Å²) in [6.45, 7) is 0.482. The molecule has 2 aromatic carbocycles. The molecule has 0 atom stereocenters. The summed E-state index contributed by atoms with van der Waals surface area (Å²) in [5.74, 6) is -0.394. The molecule has 0 aliphatic carbocycles. The van der Waals surface area contributed by atoms with Crippen molar-refractivity contribution in [1.82, 2.24) is 15.2 Å². The van der Waals surface area contributed by atoms with Crippen molar-refractivity contribution in [3.05, 3.63) is 76.9 Å². The second-order valence-corrected chi connectivity index (χ2v) is 6.06. The van der Waals surface area contributed by atoms with Gasteiger partial charge in [-0.15, -0.1) is 0 Å². The van der Waals surface area contributed by atoms with E-state index in [9.17, 15) is 4.79 Å². The molecule has 0 aliphatic heterocycles. The highest BCUT2D eigenvalue weighted by atomic mass is 35.5. The minimum Gasteiger partial charge on any atom is -0.270 e. The Balaban J connectivity index is 1.82. The van der Waals surface area contributed by atoms with Gasteiger partial charge < -0.3 is 0 Å². The summed E-state index contributed by atoms with van der Waals surface area (Å²) in [6, 6.07) is 18.5. The Kier molecular flexibility index (Phi) is 5.98. The Morgan fingerprint density at radius 2 is 1.96 bits per heavy atom. The van der Waals surface area contributed by atoms with Gasteiger partial charge in [-0.3, -0.25) is 9.48 Å². The van der Waals surface area contributed by atoms with Crippen molar-refractivity contribution < 1.29 is 4.79 Å². The van der Waals surface area contributed by atoms with Crippen LogP contribution in [0.1, 0.15) is 22.3 Å². The van der Waals surface area contributed by atoms with Crippen LogP contribution >= 0.6 is 11.6 Å². The minimum absolute atomic E-state index is 0.351. The van der Waals surface area contributed by atoms with Crippen molar-refractivity contribution in [3.63, 3.8) is 0 Å². The van der Waals surface area contributed by atoms with E-state index in [4.69, 9.17) is 16.9 Å². The Hall–Kier alpha value is -3.43. The zero-order chi connectivity index (χ0) is 19.1. The third kappa shape index (κ3) is 4.60. The van der Waals surface area contributed by atoms with Crippen LogP contribution in [0.3, 0.4) is 0 Å². The molecule has 0 saturated heterocycles. The summed E-state index contributed by atoms with van der Waals surface area (Å²) >= 11 is 6.02. The molecule has 0 bridgehead atoms. The van der Waals surface area contributed by atoms with Crippen LogP contribution < -0.4 is 5.43 Å². The number of nitrogens with one attached hydrogen (secondary N) is 1. The molecule has 0 saturated carbocycles. The van der Waals surface area contributed by atoms with E-state index >= 15 is 0 Å². The van der Waals surface area contributed by atoms with Gasteiger partial charge in [0.1, 0.15) is 5.69 Å². The molecular weight excluding hydrogens is 362 g/mol. The molecular formula is C20H16ClN5O. The summed E-state index contributed by atoms with van der Waals surface area (Å²) < 4.78 is 1.70. The molecule has 1 N–H and O–H groups in total. The molecule has 1 amide bonds. The second kappa shape index (κ2) is 8.79. The topological polar surface area (TPSA) is 83.1 Å². The molecule has 0 radical (unpaired) electrons. The quantitative estimate of drug-likeness (QED) is 0.522. The number of benzene rings is 2. The van der Waals surface area contributed by atoms with E-state index in [0.29, 0.717) is 23.6 Å². The van der Waals surface area contributed by atoms with E-state index < -0.39 is 5.91 Å². The van der Waals surface area contributed by atoms with Gasteiger partial charge in [-0.2, -0.15) is 15.5 Å². The van der Waals surface area contributed by atoms with E-state index in [1.165, 1.54) is 6.21 Å². The molecule has 27 heavy (non-hydrogen) atoms. The lowest BCUT2D eigenvalue weighted by atomic mass is 10.1. The van der Waals surface area contributed by atoms with Gasteiger partial charge in [0.15, 0.2) is 0 Å². The number of carbonyl (C=O) groups is 1. The summed E-state index contributed by atoms with van der Waals surface area (Å²) in [5.41, 5.74) is 5.21. The highest BCUT2D eigenvalue weighted by molar-refractivity contribution is 6.33. The van der Waals surface area contributed by atoms with Crippen LogP contribution in [0.5, 0.6) is 0 Å². The Bertz CT molecular complexity index is 1000. The first-order chi connectivity index (χ1) is 13.2. The fourth-order valence-corrected chi connectivity index (χ4v) is 2.72.